The number of amides is 2. The van der Waals surface area contributed by atoms with Gasteiger partial charge in [-0.25, -0.2) is 9.59 Å². The number of rotatable bonds is 4. The molecule has 5 heteroatoms. The molecule has 2 aliphatic carbocycles. The Kier molecular flexibility index (Phi) is 4.25. The van der Waals surface area contributed by atoms with Crippen molar-refractivity contribution in [1.29, 1.82) is 0 Å². The lowest BCUT2D eigenvalue weighted by atomic mass is 9.79. The Labute approximate surface area is 120 Å². The molecular formula is C15H26N2O3. The highest BCUT2D eigenvalue weighted by molar-refractivity contribution is 5.86. The van der Waals surface area contributed by atoms with Gasteiger partial charge in [0.05, 0.1) is 0 Å². The first-order valence-electron chi connectivity index (χ1n) is 7.65. The molecule has 2 fully saturated rings. The number of urea groups is 1. The third-order valence-corrected chi connectivity index (χ3v) is 5.14. The van der Waals surface area contributed by atoms with Gasteiger partial charge in [-0.05, 0) is 56.8 Å². The number of carbonyl (C=O) groups is 2. The lowest BCUT2D eigenvalue weighted by Crippen LogP contribution is -2.58. The number of hydrogen-bond donors (Lipinski definition) is 3. The molecule has 3 N–H and O–H groups in total. The first-order chi connectivity index (χ1) is 9.33. The lowest BCUT2D eigenvalue weighted by Gasteiger charge is -2.34. The van der Waals surface area contributed by atoms with Gasteiger partial charge in [-0.15, -0.1) is 0 Å². The summed E-state index contributed by atoms with van der Waals surface area (Å²) in [6.07, 6.45) is 4.82. The predicted molar refractivity (Wildman–Crippen MR) is 76.4 cm³/mol. The minimum absolute atomic E-state index is 0.0658. The third kappa shape index (κ3) is 3.25. The van der Waals surface area contributed by atoms with Crippen LogP contribution in [0.1, 0.15) is 52.9 Å². The molecule has 0 aromatic heterocycles. The molecule has 2 rings (SSSR count). The van der Waals surface area contributed by atoms with Crippen LogP contribution >= 0.6 is 0 Å². The van der Waals surface area contributed by atoms with E-state index in [1.807, 2.05) is 0 Å². The average molecular weight is 282 g/mol. The summed E-state index contributed by atoms with van der Waals surface area (Å²) >= 11 is 0. The highest BCUT2D eigenvalue weighted by atomic mass is 16.4. The van der Waals surface area contributed by atoms with Crippen LogP contribution in [0.15, 0.2) is 0 Å². The monoisotopic (exact) mass is 282 g/mol. The van der Waals surface area contributed by atoms with Gasteiger partial charge >= 0.3 is 12.0 Å². The molecular weight excluding hydrogens is 256 g/mol. The minimum Gasteiger partial charge on any atom is -0.480 e. The summed E-state index contributed by atoms with van der Waals surface area (Å²) in [5.74, 6) is 0.423. The van der Waals surface area contributed by atoms with Crippen LogP contribution in [0.2, 0.25) is 0 Å². The maximum atomic E-state index is 12.1. The van der Waals surface area contributed by atoms with E-state index in [-0.39, 0.29) is 18.0 Å². The minimum atomic E-state index is -1.13. The lowest BCUT2D eigenvalue weighted by molar-refractivity contribution is -0.144. The SMILES string of the molecule is CC1CCC(NC(=O)NC(C)(C(=O)O)C2CC2)CC1C. The Morgan fingerprint density at radius 2 is 1.75 bits per heavy atom. The molecule has 0 saturated heterocycles. The van der Waals surface area contributed by atoms with Crippen LogP contribution in [0, 0.1) is 17.8 Å². The Hall–Kier alpha value is -1.26. The second kappa shape index (κ2) is 5.62. The number of carboxylic acid groups (broad SMARTS) is 1. The summed E-state index contributed by atoms with van der Waals surface area (Å²) in [5.41, 5.74) is -1.13. The fraction of sp³-hybridized carbons (Fsp3) is 0.867. The Morgan fingerprint density at radius 1 is 1.10 bits per heavy atom. The summed E-state index contributed by atoms with van der Waals surface area (Å²) in [5, 5.41) is 15.0. The van der Waals surface area contributed by atoms with Crippen molar-refractivity contribution in [2.45, 2.75) is 64.5 Å². The molecule has 0 bridgehead atoms. The molecule has 2 aliphatic rings. The molecule has 0 aliphatic heterocycles. The smallest absolute Gasteiger partial charge is 0.329 e. The van der Waals surface area contributed by atoms with Crippen LogP contribution in [-0.4, -0.2) is 28.7 Å². The zero-order valence-corrected chi connectivity index (χ0v) is 12.6. The molecule has 20 heavy (non-hydrogen) atoms. The van der Waals surface area contributed by atoms with Crippen molar-refractivity contribution < 1.29 is 14.7 Å². The third-order valence-electron chi connectivity index (χ3n) is 5.14. The number of carbonyl (C=O) groups excluding carboxylic acids is 1. The van der Waals surface area contributed by atoms with Crippen molar-refractivity contribution in [2.24, 2.45) is 17.8 Å². The molecule has 4 atom stereocenters. The van der Waals surface area contributed by atoms with Crippen molar-refractivity contribution in [2.75, 3.05) is 0 Å². The molecule has 5 nitrogen and oxygen atoms in total. The average Bonchev–Trinajstić information content (AvgIpc) is 3.17. The maximum Gasteiger partial charge on any atom is 0.329 e. The Morgan fingerprint density at radius 3 is 2.25 bits per heavy atom. The van der Waals surface area contributed by atoms with E-state index in [0.717, 1.165) is 32.1 Å². The zero-order valence-electron chi connectivity index (χ0n) is 12.6. The van der Waals surface area contributed by atoms with Crippen molar-refractivity contribution in [3.8, 4) is 0 Å². The van der Waals surface area contributed by atoms with E-state index in [1.54, 1.807) is 6.92 Å². The molecule has 2 amide bonds. The highest BCUT2D eigenvalue weighted by Gasteiger charge is 2.48. The number of aliphatic carboxylic acids is 1. The molecule has 0 spiro atoms. The molecule has 0 aromatic carbocycles. The van der Waals surface area contributed by atoms with Crippen LogP contribution in [0.3, 0.4) is 0 Å². The zero-order chi connectivity index (χ0) is 14.9. The van der Waals surface area contributed by atoms with Crippen molar-refractivity contribution in [1.82, 2.24) is 10.6 Å². The van der Waals surface area contributed by atoms with Gasteiger partial charge in [0.15, 0.2) is 0 Å². The summed E-state index contributed by atoms with van der Waals surface area (Å²) < 4.78 is 0. The fourth-order valence-corrected chi connectivity index (χ4v) is 3.13. The first kappa shape index (κ1) is 15.1. The second-order valence-electron chi connectivity index (χ2n) is 6.84. The van der Waals surface area contributed by atoms with E-state index >= 15 is 0 Å². The van der Waals surface area contributed by atoms with Crippen LogP contribution in [0.4, 0.5) is 4.79 Å². The summed E-state index contributed by atoms with van der Waals surface area (Å²) in [6.45, 7) is 6.07. The van der Waals surface area contributed by atoms with E-state index in [0.29, 0.717) is 11.8 Å². The van der Waals surface area contributed by atoms with Crippen molar-refractivity contribution in [3.63, 3.8) is 0 Å². The van der Waals surface area contributed by atoms with Crippen molar-refractivity contribution >= 4 is 12.0 Å². The summed E-state index contributed by atoms with van der Waals surface area (Å²) in [7, 11) is 0. The fourth-order valence-electron chi connectivity index (χ4n) is 3.13. The van der Waals surface area contributed by atoms with Crippen molar-refractivity contribution in [3.05, 3.63) is 0 Å². The van der Waals surface area contributed by atoms with Gasteiger partial charge in [-0.2, -0.15) is 0 Å². The Balaban J connectivity index is 1.87. The molecule has 0 aromatic rings. The first-order valence-corrected chi connectivity index (χ1v) is 7.65. The van der Waals surface area contributed by atoms with E-state index in [9.17, 15) is 14.7 Å². The standard InChI is InChI=1S/C15H26N2O3/c1-9-4-7-12(8-10(9)2)16-14(20)17-15(3,13(18)19)11-5-6-11/h9-12H,4-8H2,1-3H3,(H,18,19)(H2,16,17,20). The topological polar surface area (TPSA) is 78.4 Å². The van der Waals surface area contributed by atoms with E-state index < -0.39 is 11.5 Å². The van der Waals surface area contributed by atoms with Gasteiger partial charge in [0, 0.05) is 6.04 Å². The second-order valence-corrected chi connectivity index (χ2v) is 6.84. The van der Waals surface area contributed by atoms with Crippen LogP contribution in [0.5, 0.6) is 0 Å². The summed E-state index contributed by atoms with van der Waals surface area (Å²) in [4.78, 5) is 23.4. The van der Waals surface area contributed by atoms with Gasteiger partial charge in [-0.1, -0.05) is 13.8 Å². The van der Waals surface area contributed by atoms with Crippen LogP contribution in [0.25, 0.3) is 0 Å². The molecule has 4 unspecified atom stereocenters. The normalized spacial score (nSPS) is 33.0. The quantitative estimate of drug-likeness (QED) is 0.740. The van der Waals surface area contributed by atoms with E-state index in [2.05, 4.69) is 24.5 Å². The van der Waals surface area contributed by atoms with Gasteiger partial charge in [0.25, 0.3) is 0 Å². The summed E-state index contributed by atoms with van der Waals surface area (Å²) in [6, 6.07) is -0.174. The van der Waals surface area contributed by atoms with Crippen LogP contribution < -0.4 is 10.6 Å². The number of carboxylic acids is 1. The van der Waals surface area contributed by atoms with Gasteiger partial charge < -0.3 is 15.7 Å². The molecule has 0 heterocycles. The van der Waals surface area contributed by atoms with E-state index in [4.69, 9.17) is 0 Å². The molecule has 114 valence electrons. The number of nitrogens with one attached hydrogen (secondary N) is 2. The van der Waals surface area contributed by atoms with Gasteiger partial charge in [0.2, 0.25) is 0 Å². The van der Waals surface area contributed by atoms with Gasteiger partial charge in [-0.3, -0.25) is 0 Å². The maximum absolute atomic E-state index is 12.1. The number of hydrogen-bond acceptors (Lipinski definition) is 2. The van der Waals surface area contributed by atoms with Gasteiger partial charge in [0.1, 0.15) is 5.54 Å². The van der Waals surface area contributed by atoms with E-state index in [1.165, 1.54) is 0 Å². The predicted octanol–water partition coefficient (Wildman–Crippen LogP) is 2.36. The van der Waals surface area contributed by atoms with Crippen LogP contribution in [-0.2, 0) is 4.79 Å². The highest BCUT2D eigenvalue weighted by Crippen LogP contribution is 2.39. The molecule has 2 saturated carbocycles. The largest absolute Gasteiger partial charge is 0.480 e. The Bertz CT molecular complexity index is 395. The molecule has 0 radical (unpaired) electrons.